The maximum absolute atomic E-state index is 3.62. The minimum atomic E-state index is 0.676. The average molecular weight is 252 g/mol. The van der Waals surface area contributed by atoms with Crippen molar-refractivity contribution < 1.29 is 0 Å². The monoisotopic (exact) mass is 252 g/mol. The molecule has 3 heteroatoms. The molecule has 1 saturated heterocycles. The molecule has 2 N–H and O–H groups in total. The molecule has 1 aromatic heterocycles. The van der Waals surface area contributed by atoms with E-state index in [-0.39, 0.29) is 0 Å². The van der Waals surface area contributed by atoms with E-state index in [9.17, 15) is 0 Å². The van der Waals surface area contributed by atoms with Gasteiger partial charge in [0.25, 0.3) is 0 Å². The Hall–Kier alpha value is -0.380. The van der Waals surface area contributed by atoms with Crippen molar-refractivity contribution in [3.63, 3.8) is 0 Å². The van der Waals surface area contributed by atoms with Crippen LogP contribution in [0.1, 0.15) is 35.9 Å². The zero-order chi connectivity index (χ0) is 12.1. The quantitative estimate of drug-likeness (QED) is 0.842. The van der Waals surface area contributed by atoms with Gasteiger partial charge in [0.15, 0.2) is 0 Å². The summed E-state index contributed by atoms with van der Waals surface area (Å²) in [4.78, 5) is 2.86. The fraction of sp³-hybridized carbons (Fsp3) is 0.714. The van der Waals surface area contributed by atoms with Crippen molar-refractivity contribution in [2.24, 2.45) is 5.92 Å². The highest BCUT2D eigenvalue weighted by atomic mass is 32.1. The number of nitrogens with one attached hydrogen (secondary N) is 2. The first-order valence-corrected chi connectivity index (χ1v) is 7.59. The van der Waals surface area contributed by atoms with Crippen LogP contribution in [-0.2, 0) is 6.54 Å². The largest absolute Gasteiger partial charge is 0.313 e. The zero-order valence-electron chi connectivity index (χ0n) is 11.0. The van der Waals surface area contributed by atoms with Crippen LogP contribution in [0.15, 0.2) is 12.1 Å². The molecule has 0 aromatic carbocycles. The van der Waals surface area contributed by atoms with Crippen molar-refractivity contribution in [2.45, 2.75) is 45.7 Å². The average Bonchev–Trinajstić information content (AvgIpc) is 2.75. The van der Waals surface area contributed by atoms with Gasteiger partial charge < -0.3 is 10.6 Å². The Bertz CT molecular complexity index is 335. The summed E-state index contributed by atoms with van der Waals surface area (Å²) >= 11 is 1.90. The van der Waals surface area contributed by atoms with Gasteiger partial charge in [0.2, 0.25) is 0 Å². The van der Waals surface area contributed by atoms with Gasteiger partial charge in [-0.15, -0.1) is 11.3 Å². The number of hydrogen-bond acceptors (Lipinski definition) is 3. The Morgan fingerprint density at radius 1 is 1.47 bits per heavy atom. The zero-order valence-corrected chi connectivity index (χ0v) is 11.8. The Labute approximate surface area is 109 Å². The summed E-state index contributed by atoms with van der Waals surface area (Å²) in [6.45, 7) is 7.81. The molecule has 2 atom stereocenters. The van der Waals surface area contributed by atoms with Gasteiger partial charge in [-0.05, 0) is 44.4 Å². The Morgan fingerprint density at radius 2 is 2.35 bits per heavy atom. The van der Waals surface area contributed by atoms with E-state index in [0.717, 1.165) is 19.0 Å². The molecule has 0 bridgehead atoms. The number of thiophene rings is 1. The van der Waals surface area contributed by atoms with E-state index < -0.39 is 0 Å². The first-order chi connectivity index (χ1) is 8.28. The smallest absolute Gasteiger partial charge is 0.0300 e. The molecule has 2 nitrogen and oxygen atoms in total. The Balaban J connectivity index is 1.68. The summed E-state index contributed by atoms with van der Waals surface area (Å²) < 4.78 is 0. The summed E-state index contributed by atoms with van der Waals surface area (Å²) in [5, 5.41) is 7.19. The van der Waals surface area contributed by atoms with Crippen molar-refractivity contribution in [1.82, 2.24) is 10.6 Å². The van der Waals surface area contributed by atoms with E-state index in [1.807, 2.05) is 11.3 Å². The van der Waals surface area contributed by atoms with Crippen molar-refractivity contribution in [3.8, 4) is 0 Å². The SMILES string of the molecule is CCC1CCNC(CNCc2ccc(C)s2)C1. The van der Waals surface area contributed by atoms with E-state index in [0.29, 0.717) is 6.04 Å². The summed E-state index contributed by atoms with van der Waals surface area (Å²) in [5.41, 5.74) is 0. The predicted molar refractivity (Wildman–Crippen MR) is 75.6 cm³/mol. The highest BCUT2D eigenvalue weighted by Crippen LogP contribution is 2.19. The molecule has 0 radical (unpaired) electrons. The van der Waals surface area contributed by atoms with E-state index >= 15 is 0 Å². The number of piperidine rings is 1. The molecule has 1 fully saturated rings. The van der Waals surface area contributed by atoms with Crippen LogP contribution in [0.4, 0.5) is 0 Å². The van der Waals surface area contributed by atoms with Gasteiger partial charge in [-0.3, -0.25) is 0 Å². The van der Waals surface area contributed by atoms with E-state index in [1.54, 1.807) is 0 Å². The lowest BCUT2D eigenvalue weighted by atomic mass is 9.90. The molecule has 96 valence electrons. The van der Waals surface area contributed by atoms with Crippen LogP contribution in [0.25, 0.3) is 0 Å². The van der Waals surface area contributed by atoms with Gasteiger partial charge in [-0.25, -0.2) is 0 Å². The van der Waals surface area contributed by atoms with Crippen molar-refractivity contribution in [2.75, 3.05) is 13.1 Å². The highest BCUT2D eigenvalue weighted by Gasteiger charge is 2.19. The second kappa shape index (κ2) is 6.53. The molecule has 2 heterocycles. The maximum Gasteiger partial charge on any atom is 0.0300 e. The van der Waals surface area contributed by atoms with Gasteiger partial charge in [-0.1, -0.05) is 13.3 Å². The van der Waals surface area contributed by atoms with Crippen molar-refractivity contribution >= 4 is 11.3 Å². The topological polar surface area (TPSA) is 24.1 Å². The summed E-state index contributed by atoms with van der Waals surface area (Å²) in [5.74, 6) is 0.937. The third kappa shape index (κ3) is 4.09. The van der Waals surface area contributed by atoms with Gasteiger partial charge in [-0.2, -0.15) is 0 Å². The second-order valence-electron chi connectivity index (χ2n) is 5.09. The van der Waals surface area contributed by atoms with Crippen molar-refractivity contribution in [1.29, 1.82) is 0 Å². The molecule has 2 unspecified atom stereocenters. The van der Waals surface area contributed by atoms with Crippen molar-refractivity contribution in [3.05, 3.63) is 21.9 Å². The molecule has 0 spiro atoms. The molecular weight excluding hydrogens is 228 g/mol. The molecule has 17 heavy (non-hydrogen) atoms. The minimum Gasteiger partial charge on any atom is -0.313 e. The molecular formula is C14H24N2S. The van der Waals surface area contributed by atoms with Crippen LogP contribution in [-0.4, -0.2) is 19.1 Å². The van der Waals surface area contributed by atoms with E-state index in [4.69, 9.17) is 0 Å². The lowest BCUT2D eigenvalue weighted by Gasteiger charge is -2.29. The fourth-order valence-electron chi connectivity index (χ4n) is 2.57. The number of aryl methyl sites for hydroxylation is 1. The third-order valence-electron chi connectivity index (χ3n) is 3.67. The lowest BCUT2D eigenvalue weighted by molar-refractivity contribution is 0.288. The van der Waals surface area contributed by atoms with Gasteiger partial charge in [0, 0.05) is 28.9 Å². The lowest BCUT2D eigenvalue weighted by Crippen LogP contribution is -2.44. The minimum absolute atomic E-state index is 0.676. The molecule has 0 saturated carbocycles. The van der Waals surface area contributed by atoms with E-state index in [1.165, 1.54) is 35.6 Å². The fourth-order valence-corrected chi connectivity index (χ4v) is 3.43. The van der Waals surface area contributed by atoms with Gasteiger partial charge in [0.05, 0.1) is 0 Å². The molecule has 1 aliphatic rings. The normalized spacial score (nSPS) is 25.1. The maximum atomic E-state index is 3.62. The van der Waals surface area contributed by atoms with Gasteiger partial charge in [0.1, 0.15) is 0 Å². The number of hydrogen-bond donors (Lipinski definition) is 2. The third-order valence-corrected chi connectivity index (χ3v) is 4.67. The molecule has 1 aliphatic heterocycles. The number of rotatable bonds is 5. The second-order valence-corrected chi connectivity index (χ2v) is 6.47. The molecule has 2 rings (SSSR count). The first kappa shape index (κ1) is 13.1. The summed E-state index contributed by atoms with van der Waals surface area (Å²) in [7, 11) is 0. The van der Waals surface area contributed by atoms with E-state index in [2.05, 4.69) is 36.6 Å². The molecule has 0 amide bonds. The Kier molecular flexibility index (Phi) is 5.01. The standard InChI is InChI=1S/C14H24N2S/c1-3-12-6-7-16-13(8-12)9-15-10-14-5-4-11(2)17-14/h4-5,12-13,15-16H,3,6-10H2,1-2H3. The van der Waals surface area contributed by atoms with Crippen LogP contribution in [0, 0.1) is 12.8 Å². The highest BCUT2D eigenvalue weighted by molar-refractivity contribution is 7.11. The first-order valence-electron chi connectivity index (χ1n) is 6.77. The predicted octanol–water partition coefficient (Wildman–Crippen LogP) is 2.92. The summed E-state index contributed by atoms with van der Waals surface area (Å²) in [6, 6.07) is 5.11. The molecule has 0 aliphatic carbocycles. The van der Waals surface area contributed by atoms with Gasteiger partial charge >= 0.3 is 0 Å². The summed E-state index contributed by atoms with van der Waals surface area (Å²) in [6.07, 6.45) is 4.03. The van der Waals surface area contributed by atoms with Crippen LogP contribution in [0.3, 0.4) is 0 Å². The Morgan fingerprint density at radius 3 is 3.06 bits per heavy atom. The van der Waals surface area contributed by atoms with Crippen LogP contribution in [0.5, 0.6) is 0 Å². The van der Waals surface area contributed by atoms with Crippen LogP contribution >= 0.6 is 11.3 Å². The van der Waals surface area contributed by atoms with Crippen LogP contribution < -0.4 is 10.6 Å². The molecule has 1 aromatic rings. The van der Waals surface area contributed by atoms with Crippen LogP contribution in [0.2, 0.25) is 0 Å².